The van der Waals surface area contributed by atoms with Gasteiger partial charge in [0, 0.05) is 17.5 Å². The van der Waals surface area contributed by atoms with Crippen molar-refractivity contribution in [3.05, 3.63) is 82.4 Å². The van der Waals surface area contributed by atoms with Crippen LogP contribution in [0.1, 0.15) is 28.2 Å². The molecular weight excluding hydrogens is 424 g/mol. The summed E-state index contributed by atoms with van der Waals surface area (Å²) in [6, 6.07) is 16.3. The van der Waals surface area contributed by atoms with Gasteiger partial charge in [0.1, 0.15) is 0 Å². The summed E-state index contributed by atoms with van der Waals surface area (Å²) in [5.74, 6) is -1.29. The Labute approximate surface area is 168 Å². The van der Waals surface area contributed by atoms with Crippen molar-refractivity contribution in [1.29, 1.82) is 0 Å². The summed E-state index contributed by atoms with van der Waals surface area (Å²) in [5.41, 5.74) is 4.46. The van der Waals surface area contributed by atoms with E-state index in [9.17, 15) is 9.59 Å². The van der Waals surface area contributed by atoms with E-state index in [0.29, 0.717) is 5.13 Å². The Morgan fingerprint density at radius 3 is 2.19 bits per heavy atom. The van der Waals surface area contributed by atoms with Gasteiger partial charge in [-0.3, -0.25) is 9.59 Å². The average Bonchev–Trinajstić information content (AvgIpc) is 3.30. The van der Waals surface area contributed by atoms with Crippen LogP contribution in [0.5, 0.6) is 0 Å². The highest BCUT2D eigenvalue weighted by atomic mass is 79.9. The van der Waals surface area contributed by atoms with Crippen molar-refractivity contribution in [1.82, 2.24) is 4.98 Å². The van der Waals surface area contributed by atoms with Crippen molar-refractivity contribution in [3.8, 4) is 0 Å². The number of nitrogens with zero attached hydrogens (tertiary/aromatic N) is 2. The van der Waals surface area contributed by atoms with E-state index >= 15 is 0 Å². The number of rotatable bonds is 1. The Kier molecular flexibility index (Phi) is 3.00. The Morgan fingerprint density at radius 1 is 0.963 bits per heavy atom. The average molecular weight is 437 g/mol. The summed E-state index contributed by atoms with van der Waals surface area (Å²) in [4.78, 5) is 32.5. The molecule has 0 radical (unpaired) electrons. The number of carbonyl (C=O) groups excluding carboxylic acids is 2. The number of carbonyl (C=O) groups is 2. The first-order chi connectivity index (χ1) is 13.1. The standard InChI is InChI=1S/C21H13BrN2O2S/c22-21-13-7-3-1-5-11(13)15(12-6-2-4-8-14(12)21)16-17(21)19(26)24(18(16)25)20-23-9-10-27-20/h1-10,15-17H/t15?,16-,17+,21?/m0/s1. The Morgan fingerprint density at radius 2 is 1.59 bits per heavy atom. The number of alkyl halides is 1. The number of halogens is 1. The van der Waals surface area contributed by atoms with Gasteiger partial charge in [0.05, 0.1) is 16.2 Å². The maximum atomic E-state index is 13.5. The fourth-order valence-electron chi connectivity index (χ4n) is 5.19. The molecule has 2 amide bonds. The topological polar surface area (TPSA) is 50.3 Å². The number of amides is 2. The molecule has 0 spiro atoms. The van der Waals surface area contributed by atoms with Crippen LogP contribution < -0.4 is 4.90 Å². The van der Waals surface area contributed by atoms with Gasteiger partial charge in [0.15, 0.2) is 5.13 Å². The van der Waals surface area contributed by atoms with Crippen molar-refractivity contribution in [3.63, 3.8) is 0 Å². The molecular formula is C21H13BrN2O2S. The smallest absolute Gasteiger partial charge is 0.241 e. The highest BCUT2D eigenvalue weighted by molar-refractivity contribution is 9.09. The summed E-state index contributed by atoms with van der Waals surface area (Å²) < 4.78 is -0.696. The van der Waals surface area contributed by atoms with E-state index in [2.05, 4.69) is 45.2 Å². The van der Waals surface area contributed by atoms with E-state index in [0.717, 1.165) is 22.3 Å². The van der Waals surface area contributed by atoms with Crippen LogP contribution in [-0.2, 0) is 13.9 Å². The molecule has 3 aromatic rings. The third-order valence-electron chi connectivity index (χ3n) is 6.12. The first-order valence-corrected chi connectivity index (χ1v) is 10.5. The van der Waals surface area contributed by atoms with E-state index in [1.165, 1.54) is 16.2 Å². The third kappa shape index (κ3) is 1.71. The van der Waals surface area contributed by atoms with Crippen LogP contribution in [0.15, 0.2) is 60.1 Å². The molecule has 3 aliphatic carbocycles. The van der Waals surface area contributed by atoms with Crippen LogP contribution in [0.3, 0.4) is 0 Å². The molecule has 6 heteroatoms. The Hall–Kier alpha value is -2.31. The minimum Gasteiger partial charge on any atom is -0.274 e. The summed E-state index contributed by atoms with van der Waals surface area (Å²) in [7, 11) is 0. The molecule has 2 atom stereocenters. The van der Waals surface area contributed by atoms with Crippen LogP contribution in [-0.4, -0.2) is 16.8 Å². The zero-order valence-corrected chi connectivity index (χ0v) is 16.4. The highest BCUT2D eigenvalue weighted by Crippen LogP contribution is 2.66. The first kappa shape index (κ1) is 15.7. The molecule has 2 aromatic carbocycles. The highest BCUT2D eigenvalue weighted by Gasteiger charge is 2.67. The van der Waals surface area contributed by atoms with E-state index < -0.39 is 16.2 Å². The van der Waals surface area contributed by atoms with Crippen molar-refractivity contribution in [2.45, 2.75) is 10.2 Å². The molecule has 0 unspecified atom stereocenters. The lowest BCUT2D eigenvalue weighted by molar-refractivity contribution is -0.122. The summed E-state index contributed by atoms with van der Waals surface area (Å²) in [6.07, 6.45) is 1.63. The van der Waals surface area contributed by atoms with Crippen molar-refractivity contribution >= 4 is 44.2 Å². The molecule has 0 saturated carbocycles. The predicted molar refractivity (Wildman–Crippen MR) is 106 cm³/mol. The summed E-state index contributed by atoms with van der Waals surface area (Å²) in [5, 5.41) is 2.25. The number of imide groups is 1. The van der Waals surface area contributed by atoms with Crippen LogP contribution in [0.25, 0.3) is 0 Å². The molecule has 4 nitrogen and oxygen atoms in total. The van der Waals surface area contributed by atoms with Gasteiger partial charge < -0.3 is 0 Å². The van der Waals surface area contributed by atoms with Gasteiger partial charge in [-0.1, -0.05) is 64.5 Å². The molecule has 1 aliphatic heterocycles. The number of hydrogen-bond acceptors (Lipinski definition) is 4. The summed E-state index contributed by atoms with van der Waals surface area (Å²) >= 11 is 5.30. The fraction of sp³-hybridized carbons (Fsp3) is 0.190. The van der Waals surface area contributed by atoms with Crippen LogP contribution in [0, 0.1) is 11.8 Å². The van der Waals surface area contributed by atoms with E-state index in [4.69, 9.17) is 0 Å². The largest absolute Gasteiger partial charge is 0.274 e. The van der Waals surface area contributed by atoms with Gasteiger partial charge in [-0.2, -0.15) is 0 Å². The molecule has 27 heavy (non-hydrogen) atoms. The maximum absolute atomic E-state index is 13.5. The predicted octanol–water partition coefficient (Wildman–Crippen LogP) is 4.05. The van der Waals surface area contributed by atoms with Gasteiger partial charge in [-0.15, -0.1) is 11.3 Å². The third-order valence-corrected chi connectivity index (χ3v) is 8.23. The number of thiazole rings is 1. The van der Waals surface area contributed by atoms with E-state index in [1.54, 1.807) is 11.6 Å². The van der Waals surface area contributed by atoms with Crippen LogP contribution in [0.2, 0.25) is 0 Å². The molecule has 4 aliphatic rings. The first-order valence-electron chi connectivity index (χ1n) is 8.79. The normalized spacial score (nSPS) is 30.3. The molecule has 0 N–H and O–H groups in total. The second-order valence-electron chi connectivity index (χ2n) is 7.19. The minimum absolute atomic E-state index is 0.108. The number of hydrogen-bond donors (Lipinski definition) is 0. The Bertz CT molecular complexity index is 1080. The molecule has 1 saturated heterocycles. The van der Waals surface area contributed by atoms with Gasteiger partial charge >= 0.3 is 0 Å². The molecule has 1 aromatic heterocycles. The number of benzene rings is 2. The minimum atomic E-state index is -0.696. The molecule has 7 rings (SSSR count). The van der Waals surface area contributed by atoms with E-state index in [1.807, 2.05) is 24.3 Å². The lowest BCUT2D eigenvalue weighted by Crippen LogP contribution is -2.50. The van der Waals surface area contributed by atoms with Gasteiger partial charge in [-0.25, -0.2) is 9.88 Å². The second-order valence-corrected chi connectivity index (χ2v) is 9.32. The quantitative estimate of drug-likeness (QED) is 0.427. The molecule has 2 bridgehead atoms. The second kappa shape index (κ2) is 5.14. The van der Waals surface area contributed by atoms with Crippen molar-refractivity contribution in [2.75, 3.05) is 4.90 Å². The maximum Gasteiger partial charge on any atom is 0.241 e. The van der Waals surface area contributed by atoms with Crippen LogP contribution in [0.4, 0.5) is 5.13 Å². The van der Waals surface area contributed by atoms with Gasteiger partial charge in [-0.05, 0) is 22.3 Å². The zero-order valence-electron chi connectivity index (χ0n) is 14.0. The monoisotopic (exact) mass is 436 g/mol. The van der Waals surface area contributed by atoms with Crippen LogP contribution >= 0.6 is 27.3 Å². The van der Waals surface area contributed by atoms with Gasteiger partial charge in [0.25, 0.3) is 0 Å². The lowest BCUT2D eigenvalue weighted by atomic mass is 9.55. The zero-order chi connectivity index (χ0) is 18.3. The van der Waals surface area contributed by atoms with Crippen molar-refractivity contribution < 1.29 is 9.59 Å². The molecule has 2 heterocycles. The van der Waals surface area contributed by atoms with Crippen molar-refractivity contribution in [2.24, 2.45) is 11.8 Å². The Balaban J connectivity index is 1.66. The lowest BCUT2D eigenvalue weighted by Gasteiger charge is -2.51. The molecule has 1 fully saturated rings. The number of anilines is 1. The molecule has 132 valence electrons. The van der Waals surface area contributed by atoms with Gasteiger partial charge in [0.2, 0.25) is 11.8 Å². The SMILES string of the molecule is O=C1[C@H]2C3c4ccccc4C(Br)(c4ccccc43)[C@H]2C(=O)N1c1nccs1. The summed E-state index contributed by atoms with van der Waals surface area (Å²) in [6.45, 7) is 0. The number of aromatic nitrogens is 1. The fourth-order valence-corrected chi connectivity index (χ4v) is 7.05. The van der Waals surface area contributed by atoms with E-state index in [-0.39, 0.29) is 17.7 Å².